The van der Waals surface area contributed by atoms with Crippen LogP contribution in [0.15, 0.2) is 48.7 Å². The molecular weight excluding hydrogens is 587 g/mol. The third-order valence-electron chi connectivity index (χ3n) is 7.14. The molecule has 2 aliphatic rings. The predicted molar refractivity (Wildman–Crippen MR) is 131 cm³/mol. The van der Waals surface area contributed by atoms with E-state index in [-0.39, 0.29) is 38.2 Å². The summed E-state index contributed by atoms with van der Waals surface area (Å²) >= 11 is 0. The fraction of sp³-hybridized carbons (Fsp3) is 0.483. The number of benzene rings is 2. The molecule has 3 nitrogen and oxygen atoms in total. The summed E-state index contributed by atoms with van der Waals surface area (Å²) in [4.78, 5) is 4.53. The molecule has 2 unspecified atom stereocenters. The van der Waals surface area contributed by atoms with Crippen LogP contribution in [0, 0.1) is 31.7 Å². The van der Waals surface area contributed by atoms with E-state index in [1.165, 1.54) is 42.0 Å². The number of pyridine rings is 1. The van der Waals surface area contributed by atoms with Crippen LogP contribution in [0.5, 0.6) is 0 Å². The summed E-state index contributed by atoms with van der Waals surface area (Å²) in [7, 11) is 0. The molecule has 1 aromatic heterocycles. The topological polar surface area (TPSA) is 53.4 Å². The smallest absolute Gasteiger partial charge is 0.0595 e. The SMILES string of the molecule is Cc1[c-]c(-c2cc3ccccc3cn2)cc(C)c1.OC1CCCCC2CCCCC(O)C12.[Ir]. The molecule has 2 fully saturated rings. The van der Waals surface area contributed by atoms with Crippen LogP contribution in [0.4, 0.5) is 0 Å². The molecule has 0 aliphatic heterocycles. The minimum atomic E-state index is -0.240. The largest absolute Gasteiger partial charge is 0.393 e. The predicted octanol–water partition coefficient (Wildman–Crippen LogP) is 6.40. The molecule has 2 aliphatic carbocycles. The number of nitrogens with zero attached hydrogens (tertiary/aromatic N) is 1. The fourth-order valence-electron chi connectivity index (χ4n) is 5.58. The number of aryl methyl sites for hydroxylation is 2. The molecule has 2 saturated carbocycles. The van der Waals surface area contributed by atoms with E-state index in [1.54, 1.807) is 0 Å². The number of fused-ring (bicyclic) bond motifs is 2. The van der Waals surface area contributed by atoms with Crippen LogP contribution in [-0.4, -0.2) is 27.4 Å². The summed E-state index contributed by atoms with van der Waals surface area (Å²) in [5.74, 6) is 0.769. The second kappa shape index (κ2) is 12.2. The maximum absolute atomic E-state index is 10.0. The molecular formula is C29H36IrNO2-. The average molecular weight is 623 g/mol. The Hall–Kier alpha value is -1.58. The van der Waals surface area contributed by atoms with E-state index in [0.717, 1.165) is 42.5 Å². The third-order valence-corrected chi connectivity index (χ3v) is 7.14. The Morgan fingerprint density at radius 2 is 1.42 bits per heavy atom. The Kier molecular flexibility index (Phi) is 9.64. The van der Waals surface area contributed by atoms with Gasteiger partial charge in [0.25, 0.3) is 0 Å². The van der Waals surface area contributed by atoms with Crippen molar-refractivity contribution in [2.24, 2.45) is 11.8 Å². The average Bonchev–Trinajstić information content (AvgIpc) is 3.08. The first-order valence-electron chi connectivity index (χ1n) is 12.2. The van der Waals surface area contributed by atoms with Crippen molar-refractivity contribution in [1.29, 1.82) is 0 Å². The standard InChI is InChI=1S/C17H14N.C12H22O2.Ir/c1-12-7-13(2)9-16(8-12)17-10-14-5-3-4-6-15(14)11-18-17;13-10-7-3-1-5-9-6-2-4-8-11(14)12(9)10;/h3-8,10-11H,1-2H3;9-14H,1-8H2;/q-1;;. The molecule has 1 radical (unpaired) electrons. The first-order chi connectivity index (χ1) is 15.5. The van der Waals surface area contributed by atoms with Gasteiger partial charge < -0.3 is 15.2 Å². The monoisotopic (exact) mass is 623 g/mol. The fourth-order valence-corrected chi connectivity index (χ4v) is 5.58. The van der Waals surface area contributed by atoms with E-state index in [2.05, 4.69) is 61.3 Å². The molecule has 0 bridgehead atoms. The summed E-state index contributed by atoms with van der Waals surface area (Å²) in [6, 6.07) is 18.0. The molecule has 33 heavy (non-hydrogen) atoms. The number of aliphatic hydroxyl groups excluding tert-OH is 2. The Morgan fingerprint density at radius 1 is 0.818 bits per heavy atom. The van der Waals surface area contributed by atoms with Gasteiger partial charge in [0.2, 0.25) is 0 Å². The molecule has 0 amide bonds. The number of aliphatic hydroxyl groups is 2. The van der Waals surface area contributed by atoms with E-state index >= 15 is 0 Å². The number of aromatic nitrogens is 1. The molecule has 3 aromatic rings. The zero-order valence-corrected chi connectivity index (χ0v) is 22.2. The van der Waals surface area contributed by atoms with E-state index < -0.39 is 0 Å². The van der Waals surface area contributed by atoms with Crippen molar-refractivity contribution in [3.8, 4) is 11.3 Å². The van der Waals surface area contributed by atoms with Crippen molar-refractivity contribution >= 4 is 10.8 Å². The molecule has 5 rings (SSSR count). The van der Waals surface area contributed by atoms with E-state index in [4.69, 9.17) is 0 Å². The van der Waals surface area contributed by atoms with Crippen LogP contribution in [0.25, 0.3) is 22.0 Å². The van der Waals surface area contributed by atoms with E-state index in [9.17, 15) is 10.2 Å². The van der Waals surface area contributed by atoms with Gasteiger partial charge in [0.1, 0.15) is 0 Å². The quantitative estimate of drug-likeness (QED) is 0.309. The minimum Gasteiger partial charge on any atom is -0.393 e. The van der Waals surface area contributed by atoms with E-state index in [0.29, 0.717) is 5.92 Å². The Morgan fingerprint density at radius 3 is 2.06 bits per heavy atom. The van der Waals surface area contributed by atoms with Gasteiger partial charge in [0, 0.05) is 32.2 Å². The van der Waals surface area contributed by atoms with Crippen LogP contribution < -0.4 is 0 Å². The number of rotatable bonds is 1. The van der Waals surface area contributed by atoms with Crippen LogP contribution in [0.3, 0.4) is 0 Å². The van der Waals surface area contributed by atoms with Crippen molar-refractivity contribution in [2.45, 2.75) is 77.4 Å². The minimum absolute atomic E-state index is 0. The van der Waals surface area contributed by atoms with Crippen molar-refractivity contribution in [2.75, 3.05) is 0 Å². The van der Waals surface area contributed by atoms with Gasteiger partial charge in [-0.2, -0.15) is 0 Å². The summed E-state index contributed by atoms with van der Waals surface area (Å²) in [5.41, 5.74) is 4.45. The van der Waals surface area contributed by atoms with Crippen molar-refractivity contribution in [3.05, 3.63) is 65.9 Å². The Bertz CT molecular complexity index is 999. The van der Waals surface area contributed by atoms with E-state index in [1.807, 2.05) is 12.3 Å². The van der Waals surface area contributed by atoms with Crippen LogP contribution in [-0.2, 0) is 20.1 Å². The van der Waals surface area contributed by atoms with Gasteiger partial charge in [-0.15, -0.1) is 34.9 Å². The maximum atomic E-state index is 10.0. The van der Waals surface area contributed by atoms with Gasteiger partial charge in [-0.1, -0.05) is 69.9 Å². The molecule has 4 heteroatoms. The molecule has 2 atom stereocenters. The molecule has 2 N–H and O–H groups in total. The molecule has 1 heterocycles. The Labute approximate surface area is 212 Å². The van der Waals surface area contributed by atoms with Crippen LogP contribution >= 0.6 is 0 Å². The third kappa shape index (κ3) is 6.73. The van der Waals surface area contributed by atoms with Gasteiger partial charge in [0.05, 0.1) is 12.2 Å². The Balaban J connectivity index is 0.000000186. The molecule has 0 spiro atoms. The molecule has 2 aromatic carbocycles. The molecule has 179 valence electrons. The summed E-state index contributed by atoms with van der Waals surface area (Å²) in [6.07, 6.45) is 10.5. The van der Waals surface area contributed by atoms with Crippen molar-refractivity contribution in [1.82, 2.24) is 4.98 Å². The first-order valence-corrected chi connectivity index (χ1v) is 12.2. The number of hydrogen-bond donors (Lipinski definition) is 2. The summed E-state index contributed by atoms with van der Waals surface area (Å²) < 4.78 is 0. The maximum Gasteiger partial charge on any atom is 0.0595 e. The van der Waals surface area contributed by atoms with Crippen molar-refractivity contribution < 1.29 is 30.3 Å². The van der Waals surface area contributed by atoms with Gasteiger partial charge >= 0.3 is 0 Å². The molecule has 0 saturated heterocycles. The zero-order chi connectivity index (χ0) is 22.5. The van der Waals surface area contributed by atoms with Crippen molar-refractivity contribution in [3.63, 3.8) is 0 Å². The normalized spacial score (nSPS) is 25.0. The van der Waals surface area contributed by atoms with Gasteiger partial charge in [-0.25, -0.2) is 0 Å². The summed E-state index contributed by atoms with van der Waals surface area (Å²) in [5, 5.41) is 22.4. The zero-order valence-electron chi connectivity index (χ0n) is 19.8. The summed E-state index contributed by atoms with van der Waals surface area (Å²) in [6.45, 7) is 4.17. The van der Waals surface area contributed by atoms with Crippen LogP contribution in [0.1, 0.15) is 62.5 Å². The van der Waals surface area contributed by atoms with Crippen LogP contribution in [0.2, 0.25) is 0 Å². The first kappa shape index (κ1) is 26.0. The van der Waals surface area contributed by atoms with Gasteiger partial charge in [0.15, 0.2) is 0 Å². The number of hydrogen-bond acceptors (Lipinski definition) is 3. The second-order valence-electron chi connectivity index (χ2n) is 9.71. The van der Waals surface area contributed by atoms with Gasteiger partial charge in [-0.05, 0) is 48.1 Å². The van der Waals surface area contributed by atoms with Gasteiger partial charge in [-0.3, -0.25) is 0 Å². The second-order valence-corrected chi connectivity index (χ2v) is 9.71.